The highest BCUT2D eigenvalue weighted by atomic mass is 32.1. The topological polar surface area (TPSA) is 57.4 Å². The number of hydrogen-bond acceptors (Lipinski definition) is 5. The van der Waals surface area contributed by atoms with Gasteiger partial charge in [-0.25, -0.2) is 4.98 Å². The van der Waals surface area contributed by atoms with Crippen molar-refractivity contribution in [1.82, 2.24) is 4.98 Å². The third-order valence-corrected chi connectivity index (χ3v) is 3.25. The van der Waals surface area contributed by atoms with Crippen molar-refractivity contribution >= 4 is 11.3 Å². The summed E-state index contributed by atoms with van der Waals surface area (Å²) in [6.07, 6.45) is 2.80. The lowest BCUT2D eigenvalue weighted by Crippen LogP contribution is -2.13. The molecule has 0 spiro atoms. The van der Waals surface area contributed by atoms with Gasteiger partial charge in [-0.3, -0.25) is 0 Å². The van der Waals surface area contributed by atoms with Crippen LogP contribution in [0.3, 0.4) is 0 Å². The zero-order valence-corrected chi connectivity index (χ0v) is 10.8. The van der Waals surface area contributed by atoms with Crippen molar-refractivity contribution in [2.24, 2.45) is 5.73 Å². The molecule has 0 bridgehead atoms. The van der Waals surface area contributed by atoms with Gasteiger partial charge in [-0.15, -0.1) is 11.3 Å². The van der Waals surface area contributed by atoms with Crippen LogP contribution >= 0.6 is 11.3 Å². The summed E-state index contributed by atoms with van der Waals surface area (Å²) in [6, 6.07) is -0.00706. The molecule has 0 aliphatic heterocycles. The van der Waals surface area contributed by atoms with Crippen LogP contribution in [-0.2, 0) is 15.9 Å². The number of methoxy groups -OCH3 is 2. The SMILES string of the molecule is COCCCc1nc(C(N)CCOC)cs1. The van der Waals surface area contributed by atoms with E-state index >= 15 is 0 Å². The highest BCUT2D eigenvalue weighted by Crippen LogP contribution is 2.18. The van der Waals surface area contributed by atoms with Crippen LogP contribution in [0.15, 0.2) is 5.38 Å². The van der Waals surface area contributed by atoms with E-state index in [2.05, 4.69) is 4.98 Å². The van der Waals surface area contributed by atoms with Crippen molar-refractivity contribution in [2.75, 3.05) is 27.4 Å². The molecule has 0 amide bonds. The van der Waals surface area contributed by atoms with Gasteiger partial charge in [0.1, 0.15) is 0 Å². The standard InChI is InChI=1S/C11H20N2O2S/c1-14-6-3-4-11-13-10(8-16-11)9(12)5-7-15-2/h8-9H,3-7,12H2,1-2H3. The summed E-state index contributed by atoms with van der Waals surface area (Å²) >= 11 is 1.67. The van der Waals surface area contributed by atoms with Crippen LogP contribution in [0.5, 0.6) is 0 Å². The molecule has 2 N–H and O–H groups in total. The van der Waals surface area contributed by atoms with Crippen LogP contribution < -0.4 is 5.73 Å². The molecule has 0 aliphatic rings. The number of thiazole rings is 1. The fourth-order valence-electron chi connectivity index (χ4n) is 1.37. The first-order valence-electron chi connectivity index (χ1n) is 5.45. The summed E-state index contributed by atoms with van der Waals surface area (Å²) in [4.78, 5) is 4.52. The number of nitrogens with two attached hydrogens (primary N) is 1. The van der Waals surface area contributed by atoms with Crippen molar-refractivity contribution in [3.8, 4) is 0 Å². The van der Waals surface area contributed by atoms with Gasteiger partial charge < -0.3 is 15.2 Å². The number of rotatable bonds is 8. The molecule has 1 atom stereocenters. The summed E-state index contributed by atoms with van der Waals surface area (Å²) in [7, 11) is 3.40. The summed E-state index contributed by atoms with van der Waals surface area (Å²) in [5.74, 6) is 0. The highest BCUT2D eigenvalue weighted by molar-refractivity contribution is 7.09. The first-order valence-corrected chi connectivity index (χ1v) is 6.33. The molecule has 4 nitrogen and oxygen atoms in total. The van der Waals surface area contributed by atoms with Crippen molar-refractivity contribution in [1.29, 1.82) is 0 Å². The van der Waals surface area contributed by atoms with Gasteiger partial charge in [0, 0.05) is 39.2 Å². The second-order valence-electron chi connectivity index (χ2n) is 3.65. The molecule has 0 aliphatic carbocycles. The molecule has 16 heavy (non-hydrogen) atoms. The number of nitrogens with zero attached hydrogens (tertiary/aromatic N) is 1. The molecule has 0 fully saturated rings. The molecular weight excluding hydrogens is 224 g/mol. The summed E-state index contributed by atoms with van der Waals surface area (Å²) in [5, 5.41) is 3.18. The fourth-order valence-corrected chi connectivity index (χ4v) is 2.28. The molecule has 5 heteroatoms. The Hall–Kier alpha value is -0.490. The Balaban J connectivity index is 2.37. The summed E-state index contributed by atoms with van der Waals surface area (Å²) in [5.41, 5.74) is 6.97. The van der Waals surface area contributed by atoms with E-state index in [-0.39, 0.29) is 6.04 Å². The number of ether oxygens (including phenoxy) is 2. The monoisotopic (exact) mass is 244 g/mol. The van der Waals surface area contributed by atoms with Crippen molar-refractivity contribution in [3.05, 3.63) is 16.1 Å². The fraction of sp³-hybridized carbons (Fsp3) is 0.727. The van der Waals surface area contributed by atoms with Gasteiger partial charge in [0.25, 0.3) is 0 Å². The lowest BCUT2D eigenvalue weighted by molar-refractivity contribution is 0.187. The average molecular weight is 244 g/mol. The summed E-state index contributed by atoms with van der Waals surface area (Å²) < 4.78 is 10.0. The molecule has 0 radical (unpaired) electrons. The van der Waals surface area contributed by atoms with Gasteiger partial charge in [0.2, 0.25) is 0 Å². The molecule has 0 saturated carbocycles. The quantitative estimate of drug-likeness (QED) is 0.708. The molecule has 1 aromatic heterocycles. The van der Waals surface area contributed by atoms with Crippen molar-refractivity contribution in [3.63, 3.8) is 0 Å². The largest absolute Gasteiger partial charge is 0.385 e. The van der Waals surface area contributed by atoms with E-state index in [0.29, 0.717) is 6.61 Å². The van der Waals surface area contributed by atoms with Crippen LogP contribution in [0.1, 0.15) is 29.6 Å². The molecule has 1 unspecified atom stereocenters. The van der Waals surface area contributed by atoms with Crippen LogP contribution in [0, 0.1) is 0 Å². The Kier molecular flexibility index (Phi) is 6.56. The van der Waals surface area contributed by atoms with E-state index in [4.69, 9.17) is 15.2 Å². The van der Waals surface area contributed by atoms with Crippen LogP contribution in [0.25, 0.3) is 0 Å². The van der Waals surface area contributed by atoms with Gasteiger partial charge in [-0.2, -0.15) is 0 Å². The molecule has 0 saturated heterocycles. The minimum Gasteiger partial charge on any atom is -0.385 e. The smallest absolute Gasteiger partial charge is 0.0929 e. The predicted octanol–water partition coefficient (Wildman–Crippen LogP) is 1.76. The Labute approximate surface area is 101 Å². The Morgan fingerprint density at radius 2 is 2.12 bits per heavy atom. The van der Waals surface area contributed by atoms with E-state index in [1.54, 1.807) is 25.6 Å². The Bertz CT molecular complexity index is 291. The second-order valence-corrected chi connectivity index (χ2v) is 4.59. The van der Waals surface area contributed by atoms with Crippen molar-refractivity contribution < 1.29 is 9.47 Å². The molecule has 1 aromatic rings. The van der Waals surface area contributed by atoms with E-state index in [0.717, 1.165) is 36.6 Å². The van der Waals surface area contributed by atoms with E-state index in [1.807, 2.05) is 5.38 Å². The zero-order valence-electron chi connectivity index (χ0n) is 9.94. The maximum atomic E-state index is 5.99. The van der Waals surface area contributed by atoms with E-state index in [1.165, 1.54) is 0 Å². The van der Waals surface area contributed by atoms with E-state index < -0.39 is 0 Å². The van der Waals surface area contributed by atoms with Gasteiger partial charge >= 0.3 is 0 Å². The lowest BCUT2D eigenvalue weighted by atomic mass is 10.2. The number of hydrogen-bond donors (Lipinski definition) is 1. The first-order chi connectivity index (χ1) is 7.77. The molecule has 0 aromatic carbocycles. The van der Waals surface area contributed by atoms with Gasteiger partial charge in [0.15, 0.2) is 0 Å². The third kappa shape index (κ3) is 4.57. The van der Waals surface area contributed by atoms with Gasteiger partial charge in [-0.1, -0.05) is 0 Å². The van der Waals surface area contributed by atoms with Crippen LogP contribution in [0.2, 0.25) is 0 Å². The van der Waals surface area contributed by atoms with Gasteiger partial charge in [0.05, 0.1) is 16.7 Å². The third-order valence-electron chi connectivity index (χ3n) is 2.32. The maximum absolute atomic E-state index is 5.99. The Morgan fingerprint density at radius 3 is 2.81 bits per heavy atom. The van der Waals surface area contributed by atoms with E-state index in [9.17, 15) is 0 Å². The minimum atomic E-state index is -0.00706. The minimum absolute atomic E-state index is 0.00706. The maximum Gasteiger partial charge on any atom is 0.0929 e. The lowest BCUT2D eigenvalue weighted by Gasteiger charge is -2.06. The highest BCUT2D eigenvalue weighted by Gasteiger charge is 2.10. The van der Waals surface area contributed by atoms with Crippen LogP contribution in [-0.4, -0.2) is 32.4 Å². The normalized spacial score (nSPS) is 12.9. The van der Waals surface area contributed by atoms with Crippen molar-refractivity contribution in [2.45, 2.75) is 25.3 Å². The van der Waals surface area contributed by atoms with Gasteiger partial charge in [-0.05, 0) is 12.8 Å². The average Bonchev–Trinajstić information content (AvgIpc) is 2.75. The van der Waals surface area contributed by atoms with Crippen LogP contribution in [0.4, 0.5) is 0 Å². The summed E-state index contributed by atoms with van der Waals surface area (Å²) in [6.45, 7) is 1.46. The molecule has 1 rings (SSSR count). The molecule has 92 valence electrons. The molecular formula is C11H20N2O2S. The zero-order chi connectivity index (χ0) is 11.8. The Morgan fingerprint density at radius 1 is 1.38 bits per heavy atom. The second kappa shape index (κ2) is 7.73. The number of aryl methyl sites for hydroxylation is 1. The predicted molar refractivity (Wildman–Crippen MR) is 65.7 cm³/mol. The first kappa shape index (κ1) is 13.6. The number of aromatic nitrogens is 1. The molecule has 1 heterocycles.